The van der Waals surface area contributed by atoms with Crippen molar-refractivity contribution in [1.82, 2.24) is 5.48 Å². The van der Waals surface area contributed by atoms with E-state index in [-0.39, 0.29) is 12.5 Å². The molecule has 3 N–H and O–H groups in total. The van der Waals surface area contributed by atoms with Crippen LogP contribution in [0.1, 0.15) is 45.8 Å². The third-order valence-corrected chi connectivity index (χ3v) is 4.34. The summed E-state index contributed by atoms with van der Waals surface area (Å²) in [7, 11) is 0. The van der Waals surface area contributed by atoms with Gasteiger partial charge in [0.1, 0.15) is 0 Å². The summed E-state index contributed by atoms with van der Waals surface area (Å²) in [6, 6.07) is 1.94. The van der Waals surface area contributed by atoms with E-state index in [0.29, 0.717) is 4.88 Å². The number of amides is 2. The minimum atomic E-state index is -0.612. The van der Waals surface area contributed by atoms with E-state index in [2.05, 4.69) is 5.48 Å². The first kappa shape index (κ1) is 14.0. The van der Waals surface area contributed by atoms with E-state index in [1.807, 2.05) is 6.07 Å². The fourth-order valence-electron chi connectivity index (χ4n) is 2.18. The molecule has 19 heavy (non-hydrogen) atoms. The maximum Gasteiger partial charge on any atom is 0.284 e. The molecule has 1 aromatic heterocycles. The van der Waals surface area contributed by atoms with Gasteiger partial charge in [-0.3, -0.25) is 14.4 Å². The molecule has 0 spiro atoms. The standard InChI is InChI=1S/C13H18N2O3S/c14-12(16)8-18-15-13(17)11-7-9-5-3-1-2-4-6-10(9)19-11/h7H,1-6,8H2,(H2,14,16)(H,15,17). The first-order valence-corrected chi connectivity index (χ1v) is 7.30. The molecule has 0 aromatic carbocycles. The molecule has 1 aliphatic rings. The fourth-order valence-corrected chi connectivity index (χ4v) is 3.32. The Morgan fingerprint density at radius 3 is 2.74 bits per heavy atom. The van der Waals surface area contributed by atoms with Crippen molar-refractivity contribution in [3.8, 4) is 0 Å². The lowest BCUT2D eigenvalue weighted by Crippen LogP contribution is -2.28. The van der Waals surface area contributed by atoms with Crippen LogP contribution in [-0.4, -0.2) is 18.4 Å². The number of hydrogen-bond donors (Lipinski definition) is 2. The number of hydroxylamine groups is 1. The van der Waals surface area contributed by atoms with Crippen molar-refractivity contribution < 1.29 is 14.4 Å². The maximum absolute atomic E-state index is 11.8. The summed E-state index contributed by atoms with van der Waals surface area (Å²) in [5, 5.41) is 0. The number of hydrogen-bond acceptors (Lipinski definition) is 4. The Balaban J connectivity index is 1.98. The molecule has 0 radical (unpaired) electrons. The smallest absolute Gasteiger partial charge is 0.284 e. The van der Waals surface area contributed by atoms with Crippen LogP contribution in [-0.2, 0) is 22.5 Å². The van der Waals surface area contributed by atoms with Crippen molar-refractivity contribution in [2.75, 3.05) is 6.61 Å². The Hall–Kier alpha value is -1.40. The van der Waals surface area contributed by atoms with Gasteiger partial charge in [0.25, 0.3) is 5.91 Å². The molecule has 0 unspecified atom stereocenters. The van der Waals surface area contributed by atoms with Gasteiger partial charge in [0.05, 0.1) is 4.88 Å². The van der Waals surface area contributed by atoms with Gasteiger partial charge in [-0.1, -0.05) is 12.8 Å². The van der Waals surface area contributed by atoms with Crippen LogP contribution >= 0.6 is 11.3 Å². The monoisotopic (exact) mass is 282 g/mol. The van der Waals surface area contributed by atoms with E-state index in [4.69, 9.17) is 10.6 Å². The molecule has 0 saturated heterocycles. The maximum atomic E-state index is 11.8. The summed E-state index contributed by atoms with van der Waals surface area (Å²) in [5.74, 6) is -0.920. The lowest BCUT2D eigenvalue weighted by molar-refractivity contribution is -0.124. The van der Waals surface area contributed by atoms with Crippen molar-refractivity contribution in [2.45, 2.75) is 38.5 Å². The fraction of sp³-hybridized carbons (Fsp3) is 0.538. The normalized spacial score (nSPS) is 15.2. The number of thiophene rings is 1. The van der Waals surface area contributed by atoms with Gasteiger partial charge in [0.2, 0.25) is 5.91 Å². The van der Waals surface area contributed by atoms with Gasteiger partial charge in [-0.2, -0.15) is 0 Å². The molecule has 6 heteroatoms. The second-order valence-corrected chi connectivity index (χ2v) is 5.80. The van der Waals surface area contributed by atoms with Crippen LogP contribution in [0.3, 0.4) is 0 Å². The summed E-state index contributed by atoms with van der Waals surface area (Å²) in [6.45, 7) is -0.309. The Labute approximate surface area is 116 Å². The predicted octanol–water partition coefficient (Wildman–Crippen LogP) is 1.55. The first-order chi connectivity index (χ1) is 9.16. The number of nitrogens with one attached hydrogen (secondary N) is 1. The second-order valence-electron chi connectivity index (χ2n) is 4.66. The first-order valence-electron chi connectivity index (χ1n) is 6.49. The van der Waals surface area contributed by atoms with E-state index < -0.39 is 5.91 Å². The quantitative estimate of drug-likeness (QED) is 0.822. The van der Waals surface area contributed by atoms with Crippen LogP contribution in [0, 0.1) is 0 Å². The average Bonchev–Trinajstić information content (AvgIpc) is 2.71. The Bertz CT molecular complexity index is 445. The molecule has 1 heterocycles. The Morgan fingerprint density at radius 1 is 1.26 bits per heavy atom. The molecule has 2 amide bonds. The highest BCUT2D eigenvalue weighted by Crippen LogP contribution is 2.28. The van der Waals surface area contributed by atoms with Crippen LogP contribution < -0.4 is 11.2 Å². The van der Waals surface area contributed by atoms with Crippen LogP contribution in [0.25, 0.3) is 0 Å². The third-order valence-electron chi connectivity index (χ3n) is 3.10. The minimum absolute atomic E-state index is 0.307. The van der Waals surface area contributed by atoms with Crippen molar-refractivity contribution in [1.29, 1.82) is 0 Å². The summed E-state index contributed by atoms with van der Waals surface area (Å²) in [5.41, 5.74) is 8.44. The van der Waals surface area contributed by atoms with Crippen molar-refractivity contribution >= 4 is 23.2 Å². The topological polar surface area (TPSA) is 81.4 Å². The highest BCUT2D eigenvalue weighted by Gasteiger charge is 2.16. The number of nitrogens with two attached hydrogens (primary N) is 1. The molecule has 2 rings (SSSR count). The van der Waals surface area contributed by atoms with Crippen LogP contribution in [0.5, 0.6) is 0 Å². The van der Waals surface area contributed by atoms with Crippen LogP contribution in [0.15, 0.2) is 6.07 Å². The van der Waals surface area contributed by atoms with E-state index in [1.165, 1.54) is 47.5 Å². The third kappa shape index (κ3) is 4.04. The molecule has 1 aromatic rings. The minimum Gasteiger partial charge on any atom is -0.368 e. The number of rotatable bonds is 4. The van der Waals surface area contributed by atoms with Gasteiger partial charge in [-0.15, -0.1) is 11.3 Å². The molecule has 0 aliphatic heterocycles. The molecule has 104 valence electrons. The van der Waals surface area contributed by atoms with Gasteiger partial charge in [0, 0.05) is 4.88 Å². The van der Waals surface area contributed by atoms with Gasteiger partial charge in [-0.05, 0) is 37.3 Å². The van der Waals surface area contributed by atoms with Gasteiger partial charge in [0.15, 0.2) is 6.61 Å². The number of carbonyl (C=O) groups is 2. The zero-order valence-electron chi connectivity index (χ0n) is 10.7. The average molecular weight is 282 g/mol. The largest absolute Gasteiger partial charge is 0.368 e. The lowest BCUT2D eigenvalue weighted by atomic mass is 10.00. The second kappa shape index (κ2) is 6.68. The molecule has 1 aliphatic carbocycles. The molecule has 5 nitrogen and oxygen atoms in total. The molecule has 0 bridgehead atoms. The van der Waals surface area contributed by atoms with Crippen molar-refractivity contribution in [3.63, 3.8) is 0 Å². The number of aryl methyl sites for hydroxylation is 2. The van der Waals surface area contributed by atoms with E-state index in [1.54, 1.807) is 0 Å². The Morgan fingerprint density at radius 2 is 2.00 bits per heavy atom. The zero-order valence-corrected chi connectivity index (χ0v) is 11.6. The van der Waals surface area contributed by atoms with Crippen molar-refractivity contribution in [3.05, 3.63) is 21.4 Å². The summed E-state index contributed by atoms with van der Waals surface area (Å²) >= 11 is 1.52. The molecule has 0 atom stereocenters. The van der Waals surface area contributed by atoms with Crippen LogP contribution in [0.4, 0.5) is 0 Å². The van der Waals surface area contributed by atoms with Gasteiger partial charge >= 0.3 is 0 Å². The molecule has 0 fully saturated rings. The van der Waals surface area contributed by atoms with E-state index >= 15 is 0 Å². The summed E-state index contributed by atoms with van der Waals surface area (Å²) < 4.78 is 0. The molecular weight excluding hydrogens is 264 g/mol. The van der Waals surface area contributed by atoms with Gasteiger partial charge in [-0.25, -0.2) is 5.48 Å². The summed E-state index contributed by atoms with van der Waals surface area (Å²) in [4.78, 5) is 29.0. The Kier molecular flexibility index (Phi) is 4.93. The highest BCUT2D eigenvalue weighted by atomic mass is 32.1. The molecular formula is C13H18N2O3S. The van der Waals surface area contributed by atoms with E-state index in [0.717, 1.165) is 12.8 Å². The number of carbonyl (C=O) groups excluding carboxylic acids is 2. The molecule has 0 saturated carbocycles. The number of fused-ring (bicyclic) bond motifs is 1. The van der Waals surface area contributed by atoms with E-state index in [9.17, 15) is 9.59 Å². The lowest BCUT2D eigenvalue weighted by Gasteiger charge is -2.07. The van der Waals surface area contributed by atoms with Crippen LogP contribution in [0.2, 0.25) is 0 Å². The number of primary amides is 1. The SMILES string of the molecule is NC(=O)CONC(=O)c1cc2c(s1)CCCCCC2. The summed E-state index contributed by atoms with van der Waals surface area (Å²) in [6.07, 6.45) is 6.99. The van der Waals surface area contributed by atoms with Crippen molar-refractivity contribution in [2.24, 2.45) is 5.73 Å². The highest BCUT2D eigenvalue weighted by molar-refractivity contribution is 7.14. The zero-order chi connectivity index (χ0) is 13.7. The van der Waals surface area contributed by atoms with Gasteiger partial charge < -0.3 is 5.73 Å². The predicted molar refractivity (Wildman–Crippen MR) is 72.8 cm³/mol.